The number of hydrogen-bond donors (Lipinski definition) is 2. The molecule has 3 N–H and O–H groups in total. The minimum Gasteiger partial charge on any atom is -0.454 e. The Balaban J connectivity index is 1.55. The largest absolute Gasteiger partial charge is 0.454 e. The first-order chi connectivity index (χ1) is 15.4. The van der Waals surface area contributed by atoms with Crippen LogP contribution in [0.4, 0.5) is 30.6 Å². The van der Waals surface area contributed by atoms with E-state index in [1.54, 1.807) is 42.5 Å². The van der Waals surface area contributed by atoms with E-state index in [4.69, 9.17) is 15.2 Å². The van der Waals surface area contributed by atoms with E-state index in [-0.39, 0.29) is 24.0 Å². The van der Waals surface area contributed by atoms with Gasteiger partial charge in [0.1, 0.15) is 11.4 Å². The van der Waals surface area contributed by atoms with Gasteiger partial charge in [0.15, 0.2) is 11.5 Å². The fourth-order valence-corrected chi connectivity index (χ4v) is 3.42. The van der Waals surface area contributed by atoms with Gasteiger partial charge in [-0.25, -0.2) is 4.98 Å². The van der Waals surface area contributed by atoms with Gasteiger partial charge in [-0.3, -0.25) is 0 Å². The van der Waals surface area contributed by atoms with Crippen LogP contribution < -0.4 is 20.5 Å². The fourth-order valence-electron chi connectivity index (χ4n) is 3.42. The minimum absolute atomic E-state index is 0.0705. The van der Waals surface area contributed by atoms with Crippen molar-refractivity contribution in [2.75, 3.05) is 17.8 Å². The topological polar surface area (TPSA) is 87.2 Å². The molecule has 0 bridgehead atoms. The third-order valence-corrected chi connectivity index (χ3v) is 4.89. The lowest BCUT2D eigenvalue weighted by Gasteiger charge is -2.16. The standard InChI is InChI=1S/C22H16F3N5O2/c23-22(24,25)18-19(13-3-6-15(7-4-13)30-9-1-2-10-30)28-21(29-20(18)26)27-14-5-8-16-17(11-14)32-12-31-16/h1-11H,12H2,(H3,26,27,28,29). The highest BCUT2D eigenvalue weighted by Gasteiger charge is 2.38. The Hall–Kier alpha value is -4.21. The fraction of sp³-hybridized carbons (Fsp3) is 0.0909. The van der Waals surface area contributed by atoms with Crippen LogP contribution in [-0.2, 0) is 6.18 Å². The van der Waals surface area contributed by atoms with Crippen LogP contribution in [0.1, 0.15) is 5.56 Å². The second-order valence-electron chi connectivity index (χ2n) is 6.98. The average Bonchev–Trinajstić information content (AvgIpc) is 3.44. The third kappa shape index (κ3) is 3.66. The molecule has 0 unspecified atom stereocenters. The molecule has 162 valence electrons. The van der Waals surface area contributed by atoms with Crippen molar-refractivity contribution in [3.63, 3.8) is 0 Å². The van der Waals surface area contributed by atoms with Gasteiger partial charge in [-0.15, -0.1) is 0 Å². The number of aromatic nitrogens is 3. The van der Waals surface area contributed by atoms with Crippen molar-refractivity contribution in [2.45, 2.75) is 6.18 Å². The van der Waals surface area contributed by atoms with Crippen molar-refractivity contribution in [2.24, 2.45) is 0 Å². The molecule has 32 heavy (non-hydrogen) atoms. The number of nitrogens with zero attached hydrogens (tertiary/aromatic N) is 3. The summed E-state index contributed by atoms with van der Waals surface area (Å²) in [6, 6.07) is 15.3. The molecule has 3 heterocycles. The monoisotopic (exact) mass is 439 g/mol. The Bertz CT molecular complexity index is 1270. The Morgan fingerprint density at radius 3 is 2.38 bits per heavy atom. The zero-order chi connectivity index (χ0) is 22.3. The number of rotatable bonds is 4. The summed E-state index contributed by atoms with van der Waals surface area (Å²) >= 11 is 0. The Kier molecular flexibility index (Phi) is 4.62. The van der Waals surface area contributed by atoms with E-state index in [0.29, 0.717) is 17.2 Å². The number of anilines is 3. The summed E-state index contributed by atoms with van der Waals surface area (Å²) in [6.45, 7) is 0.103. The first-order valence-corrected chi connectivity index (χ1v) is 9.54. The van der Waals surface area contributed by atoms with Gasteiger partial charge in [0.05, 0.1) is 5.69 Å². The average molecular weight is 439 g/mol. The van der Waals surface area contributed by atoms with Gasteiger partial charge in [0.2, 0.25) is 12.7 Å². The SMILES string of the molecule is Nc1nc(Nc2ccc3c(c2)OCO3)nc(-c2ccc(-n3cccc3)cc2)c1C(F)(F)F. The maximum Gasteiger partial charge on any atom is 0.422 e. The van der Waals surface area contributed by atoms with Crippen LogP contribution in [0, 0.1) is 0 Å². The summed E-state index contributed by atoms with van der Waals surface area (Å²) in [7, 11) is 0. The molecule has 0 fully saturated rings. The number of nitrogens with two attached hydrogens (primary N) is 1. The highest BCUT2D eigenvalue weighted by molar-refractivity contribution is 5.72. The van der Waals surface area contributed by atoms with Crippen molar-refractivity contribution in [3.05, 3.63) is 72.6 Å². The number of nitrogen functional groups attached to an aromatic ring is 1. The van der Waals surface area contributed by atoms with E-state index in [1.165, 1.54) is 0 Å². The molecule has 0 atom stereocenters. The van der Waals surface area contributed by atoms with E-state index in [1.807, 2.05) is 29.1 Å². The molecule has 1 aliphatic heterocycles. The first kappa shape index (κ1) is 19.7. The minimum atomic E-state index is -4.73. The molecule has 2 aromatic carbocycles. The van der Waals surface area contributed by atoms with E-state index >= 15 is 0 Å². The maximum atomic E-state index is 13.8. The van der Waals surface area contributed by atoms with Crippen LogP contribution in [0.25, 0.3) is 16.9 Å². The third-order valence-electron chi connectivity index (χ3n) is 4.89. The molecule has 0 saturated carbocycles. The Morgan fingerprint density at radius 2 is 1.66 bits per heavy atom. The molecule has 0 spiro atoms. The van der Waals surface area contributed by atoms with Gasteiger partial charge in [-0.05, 0) is 36.4 Å². The van der Waals surface area contributed by atoms with Crippen LogP contribution in [0.2, 0.25) is 0 Å². The molecule has 0 aliphatic carbocycles. The summed E-state index contributed by atoms with van der Waals surface area (Å²) in [6.07, 6.45) is -1.05. The van der Waals surface area contributed by atoms with Crippen molar-refractivity contribution in [1.82, 2.24) is 14.5 Å². The number of benzene rings is 2. The van der Waals surface area contributed by atoms with Crippen molar-refractivity contribution in [3.8, 4) is 28.4 Å². The van der Waals surface area contributed by atoms with Gasteiger partial charge in [-0.2, -0.15) is 18.2 Å². The van der Waals surface area contributed by atoms with Crippen LogP contribution in [0.3, 0.4) is 0 Å². The number of halogens is 3. The molecule has 0 saturated heterocycles. The summed E-state index contributed by atoms with van der Waals surface area (Å²) < 4.78 is 53.8. The zero-order valence-corrected chi connectivity index (χ0v) is 16.4. The molecule has 0 amide bonds. The molecule has 0 radical (unpaired) electrons. The van der Waals surface area contributed by atoms with Gasteiger partial charge in [-0.1, -0.05) is 12.1 Å². The van der Waals surface area contributed by atoms with E-state index in [2.05, 4.69) is 15.3 Å². The summed E-state index contributed by atoms with van der Waals surface area (Å²) in [5.41, 5.74) is 5.92. The summed E-state index contributed by atoms with van der Waals surface area (Å²) in [5, 5.41) is 2.89. The van der Waals surface area contributed by atoms with Gasteiger partial charge < -0.3 is 25.1 Å². The van der Waals surface area contributed by atoms with E-state index in [0.717, 1.165) is 5.69 Å². The second-order valence-corrected chi connectivity index (χ2v) is 6.98. The Morgan fingerprint density at radius 1 is 0.938 bits per heavy atom. The molecule has 10 heteroatoms. The van der Waals surface area contributed by atoms with Gasteiger partial charge in [0, 0.05) is 35.4 Å². The molecule has 5 rings (SSSR count). The smallest absolute Gasteiger partial charge is 0.422 e. The lowest BCUT2D eigenvalue weighted by atomic mass is 10.1. The second kappa shape index (κ2) is 7.49. The molecule has 2 aromatic heterocycles. The number of ether oxygens (including phenoxy) is 2. The predicted octanol–water partition coefficient (Wildman–Crippen LogP) is 5.01. The zero-order valence-electron chi connectivity index (χ0n) is 16.4. The van der Waals surface area contributed by atoms with Crippen molar-refractivity contribution >= 4 is 17.5 Å². The highest BCUT2D eigenvalue weighted by atomic mass is 19.4. The van der Waals surface area contributed by atoms with Gasteiger partial charge in [0.25, 0.3) is 0 Å². The first-order valence-electron chi connectivity index (χ1n) is 9.54. The molecule has 4 aromatic rings. The van der Waals surface area contributed by atoms with Crippen molar-refractivity contribution in [1.29, 1.82) is 0 Å². The van der Waals surface area contributed by atoms with E-state index in [9.17, 15) is 13.2 Å². The normalized spacial score (nSPS) is 12.7. The number of nitrogens with one attached hydrogen (secondary N) is 1. The maximum absolute atomic E-state index is 13.8. The van der Waals surface area contributed by atoms with Crippen LogP contribution >= 0.6 is 0 Å². The lowest BCUT2D eigenvalue weighted by molar-refractivity contribution is -0.136. The lowest BCUT2D eigenvalue weighted by Crippen LogP contribution is -2.15. The molecule has 7 nitrogen and oxygen atoms in total. The molecular weight excluding hydrogens is 423 g/mol. The van der Waals surface area contributed by atoms with Crippen LogP contribution in [0.15, 0.2) is 67.0 Å². The number of alkyl halides is 3. The van der Waals surface area contributed by atoms with Crippen LogP contribution in [0.5, 0.6) is 11.5 Å². The number of hydrogen-bond acceptors (Lipinski definition) is 6. The van der Waals surface area contributed by atoms with Gasteiger partial charge >= 0.3 is 6.18 Å². The van der Waals surface area contributed by atoms with E-state index < -0.39 is 17.6 Å². The molecule has 1 aliphatic rings. The van der Waals surface area contributed by atoms with Crippen LogP contribution in [-0.4, -0.2) is 21.3 Å². The Labute approximate surface area is 180 Å². The number of fused-ring (bicyclic) bond motifs is 1. The molecular formula is C22H16F3N5O2. The summed E-state index contributed by atoms with van der Waals surface area (Å²) in [5.74, 6) is 0.349. The highest BCUT2D eigenvalue weighted by Crippen LogP contribution is 2.40. The predicted molar refractivity (Wildman–Crippen MR) is 112 cm³/mol. The quantitative estimate of drug-likeness (QED) is 0.465. The van der Waals surface area contributed by atoms with Crippen molar-refractivity contribution < 1.29 is 22.6 Å². The summed E-state index contributed by atoms with van der Waals surface area (Å²) in [4.78, 5) is 7.98.